The summed E-state index contributed by atoms with van der Waals surface area (Å²) in [5, 5.41) is 15.4. The molecular weight excluding hydrogens is 442 g/mol. The van der Waals surface area contributed by atoms with Gasteiger partial charge >= 0.3 is 0 Å². The van der Waals surface area contributed by atoms with E-state index in [1.807, 2.05) is 66.2 Å². The summed E-state index contributed by atoms with van der Waals surface area (Å²) in [6, 6.07) is 17.9. The molecule has 1 heterocycles. The third-order valence-corrected chi connectivity index (χ3v) is 5.55. The number of aliphatic hydroxyl groups is 1. The van der Waals surface area contributed by atoms with Crippen LogP contribution in [0.2, 0.25) is 0 Å². The second-order valence-corrected chi connectivity index (χ2v) is 8.35. The summed E-state index contributed by atoms with van der Waals surface area (Å²) >= 11 is 0. The van der Waals surface area contributed by atoms with E-state index in [0.29, 0.717) is 32.1 Å². The molecule has 2 aromatic carbocycles. The van der Waals surface area contributed by atoms with Crippen LogP contribution < -0.4 is 4.74 Å². The van der Waals surface area contributed by atoms with Crippen molar-refractivity contribution in [1.29, 1.82) is 0 Å². The van der Waals surface area contributed by atoms with Gasteiger partial charge in [-0.1, -0.05) is 48.7 Å². The molecule has 0 saturated carbocycles. The van der Waals surface area contributed by atoms with Crippen molar-refractivity contribution in [3.63, 3.8) is 0 Å². The van der Waals surface area contributed by atoms with Crippen molar-refractivity contribution in [2.24, 2.45) is 0 Å². The fourth-order valence-electron chi connectivity index (χ4n) is 3.77. The van der Waals surface area contributed by atoms with Gasteiger partial charge in [0, 0.05) is 26.7 Å². The fourth-order valence-corrected chi connectivity index (χ4v) is 3.77. The van der Waals surface area contributed by atoms with E-state index < -0.39 is 6.10 Å². The average molecular weight is 478 g/mol. The number of aliphatic hydroxyl groups excluding tert-OH is 1. The van der Waals surface area contributed by atoms with E-state index >= 15 is 0 Å². The quantitative estimate of drug-likeness (QED) is 0.280. The minimum Gasteiger partial charge on any atom is -0.439 e. The Labute approximate surface area is 208 Å². The highest BCUT2D eigenvalue weighted by molar-refractivity contribution is 5.44. The Kier molecular flexibility index (Phi) is 10.3. The van der Waals surface area contributed by atoms with Gasteiger partial charge in [-0.25, -0.2) is 4.68 Å². The summed E-state index contributed by atoms with van der Waals surface area (Å²) in [6.45, 7) is 6.57. The Balaban J connectivity index is 1.96. The molecule has 1 atom stereocenters. The largest absolute Gasteiger partial charge is 0.439 e. The van der Waals surface area contributed by atoms with Crippen LogP contribution in [0, 0.1) is 19.3 Å². The maximum atomic E-state index is 10.5. The Hall–Kier alpha value is -3.15. The molecule has 0 spiro atoms. The number of aromatic nitrogens is 2. The third kappa shape index (κ3) is 7.67. The zero-order chi connectivity index (χ0) is 25.0. The number of nitrogens with zero attached hydrogens (tertiary/aromatic N) is 3. The number of aryl methyl sites for hydroxylation is 2. The number of rotatable bonds is 14. The van der Waals surface area contributed by atoms with Gasteiger partial charge in [0.2, 0.25) is 5.88 Å². The Bertz CT molecular complexity index is 1070. The van der Waals surface area contributed by atoms with Gasteiger partial charge in [-0.15, -0.1) is 6.42 Å². The first kappa shape index (κ1) is 26.5. The summed E-state index contributed by atoms with van der Waals surface area (Å²) in [5.41, 5.74) is 4.00. The lowest BCUT2D eigenvalue weighted by molar-refractivity contribution is 0.0205. The first-order valence-corrected chi connectivity index (χ1v) is 11.9. The van der Waals surface area contributed by atoms with E-state index in [4.69, 9.17) is 25.7 Å². The molecule has 0 bridgehead atoms. The third-order valence-electron chi connectivity index (χ3n) is 5.55. The molecule has 0 amide bonds. The monoisotopic (exact) mass is 477 g/mol. The number of ether oxygens (including phenoxy) is 3. The van der Waals surface area contributed by atoms with Crippen molar-refractivity contribution in [3.8, 4) is 29.7 Å². The van der Waals surface area contributed by atoms with E-state index in [1.54, 1.807) is 7.11 Å². The zero-order valence-corrected chi connectivity index (χ0v) is 20.8. The van der Waals surface area contributed by atoms with E-state index in [1.165, 1.54) is 0 Å². The maximum Gasteiger partial charge on any atom is 0.227 e. The number of hydrogen-bond acceptors (Lipinski definition) is 6. The Morgan fingerprint density at radius 1 is 1.14 bits per heavy atom. The molecule has 7 nitrogen and oxygen atoms in total. The van der Waals surface area contributed by atoms with Gasteiger partial charge in [-0.2, -0.15) is 5.10 Å². The topological polar surface area (TPSA) is 69.0 Å². The summed E-state index contributed by atoms with van der Waals surface area (Å²) in [6.07, 6.45) is 5.30. The number of hydrogen-bond donors (Lipinski definition) is 1. The molecular formula is C28H35N3O4. The highest BCUT2D eigenvalue weighted by Gasteiger charge is 2.23. The van der Waals surface area contributed by atoms with Crippen LogP contribution in [-0.4, -0.2) is 65.9 Å². The van der Waals surface area contributed by atoms with Crippen molar-refractivity contribution in [3.05, 3.63) is 71.4 Å². The van der Waals surface area contributed by atoms with E-state index in [9.17, 15) is 5.11 Å². The average Bonchev–Trinajstić information content (AvgIpc) is 3.21. The summed E-state index contributed by atoms with van der Waals surface area (Å²) < 4.78 is 19.0. The van der Waals surface area contributed by atoms with Crippen molar-refractivity contribution in [2.45, 2.75) is 32.9 Å². The highest BCUT2D eigenvalue weighted by Crippen LogP contribution is 2.32. The molecule has 35 heavy (non-hydrogen) atoms. The van der Waals surface area contributed by atoms with Crippen LogP contribution in [0.25, 0.3) is 5.69 Å². The van der Waals surface area contributed by atoms with Crippen LogP contribution in [0.5, 0.6) is 11.6 Å². The fraction of sp³-hybridized carbons (Fsp3) is 0.393. The van der Waals surface area contributed by atoms with Crippen molar-refractivity contribution in [2.75, 3.05) is 40.0 Å². The van der Waals surface area contributed by atoms with Crippen molar-refractivity contribution in [1.82, 2.24) is 14.7 Å². The lowest BCUT2D eigenvalue weighted by Crippen LogP contribution is -2.36. The molecule has 7 heteroatoms. The second kappa shape index (κ2) is 13.7. The molecule has 186 valence electrons. The standard InChI is InChI=1S/C28H35N3O4/c1-5-17-34-21-24(32)19-30(16-18-33-4)20-26-27(6-2)29-31(23-10-8-7-9-11-23)28(26)35-25-14-12-22(3)13-15-25/h1,7-15,24,32H,6,16-21H2,2-4H3. The predicted octanol–water partition coefficient (Wildman–Crippen LogP) is 3.99. The first-order chi connectivity index (χ1) is 17.0. The van der Waals surface area contributed by atoms with Gasteiger partial charge < -0.3 is 19.3 Å². The number of para-hydroxylation sites is 1. The highest BCUT2D eigenvalue weighted by atomic mass is 16.5. The van der Waals surface area contributed by atoms with Crippen LogP contribution >= 0.6 is 0 Å². The van der Waals surface area contributed by atoms with Gasteiger partial charge in [-0.3, -0.25) is 4.90 Å². The van der Waals surface area contributed by atoms with E-state index in [0.717, 1.165) is 34.7 Å². The van der Waals surface area contributed by atoms with Crippen molar-refractivity contribution >= 4 is 0 Å². The first-order valence-electron chi connectivity index (χ1n) is 11.9. The normalized spacial score (nSPS) is 12.0. The molecule has 0 aliphatic heterocycles. The molecule has 3 aromatic rings. The molecule has 0 saturated heterocycles. The maximum absolute atomic E-state index is 10.5. The van der Waals surface area contributed by atoms with Crippen molar-refractivity contribution < 1.29 is 19.3 Å². The summed E-state index contributed by atoms with van der Waals surface area (Å²) in [7, 11) is 1.67. The van der Waals surface area contributed by atoms with E-state index in [2.05, 4.69) is 17.7 Å². The van der Waals surface area contributed by atoms with Gasteiger partial charge in [0.1, 0.15) is 12.4 Å². The zero-order valence-electron chi connectivity index (χ0n) is 20.8. The summed E-state index contributed by atoms with van der Waals surface area (Å²) in [4.78, 5) is 2.13. The van der Waals surface area contributed by atoms with Crippen LogP contribution in [0.1, 0.15) is 23.7 Å². The molecule has 1 unspecified atom stereocenters. The van der Waals surface area contributed by atoms with Crippen LogP contribution in [-0.2, 0) is 22.4 Å². The molecule has 3 rings (SSSR count). The van der Waals surface area contributed by atoms with Gasteiger partial charge in [0.25, 0.3) is 0 Å². The SMILES string of the molecule is C#CCOCC(O)CN(CCOC)Cc1c(CC)nn(-c2ccccc2)c1Oc1ccc(C)cc1. The van der Waals surface area contributed by atoms with Gasteiger partial charge in [0.15, 0.2) is 0 Å². The summed E-state index contributed by atoms with van der Waals surface area (Å²) in [5.74, 6) is 3.83. The smallest absolute Gasteiger partial charge is 0.227 e. The van der Waals surface area contributed by atoms with E-state index in [-0.39, 0.29) is 13.2 Å². The van der Waals surface area contributed by atoms with Crippen LogP contribution in [0.4, 0.5) is 0 Å². The second-order valence-electron chi connectivity index (χ2n) is 8.35. The Morgan fingerprint density at radius 3 is 2.54 bits per heavy atom. The number of terminal acetylenes is 1. The number of methoxy groups -OCH3 is 1. The minimum absolute atomic E-state index is 0.171. The van der Waals surface area contributed by atoms with Gasteiger partial charge in [0.05, 0.1) is 36.3 Å². The molecule has 0 fully saturated rings. The lowest BCUT2D eigenvalue weighted by Gasteiger charge is -2.25. The Morgan fingerprint density at radius 2 is 1.89 bits per heavy atom. The molecule has 1 aromatic heterocycles. The van der Waals surface area contributed by atoms with Crippen LogP contribution in [0.15, 0.2) is 54.6 Å². The molecule has 0 aliphatic rings. The number of benzene rings is 2. The lowest BCUT2D eigenvalue weighted by atomic mass is 10.1. The molecule has 1 N–H and O–H groups in total. The molecule has 0 aliphatic carbocycles. The van der Waals surface area contributed by atoms with Crippen LogP contribution in [0.3, 0.4) is 0 Å². The predicted molar refractivity (Wildman–Crippen MR) is 137 cm³/mol. The molecule has 0 radical (unpaired) electrons. The minimum atomic E-state index is -0.684. The van der Waals surface area contributed by atoms with Gasteiger partial charge in [-0.05, 0) is 37.6 Å².